The molecule has 1 heterocycles. The zero-order valence-electron chi connectivity index (χ0n) is 6.18. The third kappa shape index (κ3) is 2.19. The zero-order valence-corrected chi connectivity index (χ0v) is 6.18. The molecule has 0 bridgehead atoms. The van der Waals surface area contributed by atoms with Crippen LogP contribution in [0.2, 0.25) is 0 Å². The first-order valence-electron chi connectivity index (χ1n) is 3.39. The fourth-order valence-electron chi connectivity index (χ4n) is 0.856. The second-order valence-corrected chi connectivity index (χ2v) is 3.35. The van der Waals surface area contributed by atoms with E-state index in [1.807, 2.05) is 6.08 Å². The highest BCUT2D eigenvalue weighted by Crippen LogP contribution is 2.29. The van der Waals surface area contributed by atoms with Crippen LogP contribution in [-0.4, -0.2) is 12.7 Å². The van der Waals surface area contributed by atoms with Gasteiger partial charge >= 0.3 is 0 Å². The van der Waals surface area contributed by atoms with Crippen LogP contribution in [0.3, 0.4) is 0 Å². The maximum atomic E-state index is 5.10. The lowest BCUT2D eigenvalue weighted by molar-refractivity contribution is 0.328. The van der Waals surface area contributed by atoms with Gasteiger partial charge in [-0.3, -0.25) is 0 Å². The third-order valence-corrected chi connectivity index (χ3v) is 1.71. The van der Waals surface area contributed by atoms with E-state index < -0.39 is 0 Å². The van der Waals surface area contributed by atoms with Gasteiger partial charge in [-0.25, -0.2) is 0 Å². The first-order chi connectivity index (χ1) is 4.14. The quantitative estimate of drug-likeness (QED) is 0.416. The molecule has 1 atom stereocenters. The zero-order chi connectivity index (χ0) is 6.91. The van der Waals surface area contributed by atoms with E-state index >= 15 is 0 Å². The summed E-state index contributed by atoms with van der Waals surface area (Å²) >= 11 is 0. The van der Waals surface area contributed by atoms with E-state index in [0.717, 1.165) is 13.0 Å². The van der Waals surface area contributed by atoms with Crippen LogP contribution in [0.5, 0.6) is 0 Å². The molecule has 0 N–H and O–H groups in total. The number of rotatable bonds is 3. The molecule has 1 nitrogen and oxygen atoms in total. The molecule has 0 aromatic heterocycles. The SMILES string of the molecule is C=CC(C)(C)CC1CO1. The largest absolute Gasteiger partial charge is 0.373 e. The summed E-state index contributed by atoms with van der Waals surface area (Å²) in [6.07, 6.45) is 3.64. The van der Waals surface area contributed by atoms with E-state index in [9.17, 15) is 0 Å². The molecule has 1 saturated heterocycles. The molecule has 0 spiro atoms. The van der Waals surface area contributed by atoms with Crippen molar-refractivity contribution in [2.24, 2.45) is 5.41 Å². The molecule has 1 rings (SSSR count). The van der Waals surface area contributed by atoms with Crippen molar-refractivity contribution in [1.29, 1.82) is 0 Å². The van der Waals surface area contributed by atoms with Crippen LogP contribution >= 0.6 is 0 Å². The lowest BCUT2D eigenvalue weighted by Crippen LogP contribution is -2.09. The van der Waals surface area contributed by atoms with Crippen LogP contribution < -0.4 is 0 Å². The van der Waals surface area contributed by atoms with Gasteiger partial charge in [0.15, 0.2) is 0 Å². The van der Waals surface area contributed by atoms with Crippen LogP contribution in [0.15, 0.2) is 12.7 Å². The van der Waals surface area contributed by atoms with Gasteiger partial charge in [0, 0.05) is 0 Å². The standard InChI is InChI=1S/C8H14O/c1-4-8(2,3)5-7-6-9-7/h4,7H,1,5-6H2,2-3H3. The summed E-state index contributed by atoms with van der Waals surface area (Å²) in [4.78, 5) is 0. The molecule has 0 amide bonds. The smallest absolute Gasteiger partial charge is 0.0818 e. The highest BCUT2D eigenvalue weighted by atomic mass is 16.6. The molecule has 0 saturated carbocycles. The van der Waals surface area contributed by atoms with Gasteiger partial charge < -0.3 is 4.74 Å². The Kier molecular flexibility index (Phi) is 1.62. The van der Waals surface area contributed by atoms with Crippen molar-refractivity contribution in [1.82, 2.24) is 0 Å². The Morgan fingerprint density at radius 2 is 2.33 bits per heavy atom. The fraction of sp³-hybridized carbons (Fsp3) is 0.750. The molecule has 0 aromatic carbocycles. The highest BCUT2D eigenvalue weighted by Gasteiger charge is 2.28. The molecule has 9 heavy (non-hydrogen) atoms. The van der Waals surface area contributed by atoms with Gasteiger partial charge in [-0.2, -0.15) is 0 Å². The minimum atomic E-state index is 0.265. The van der Waals surface area contributed by atoms with Crippen LogP contribution in [0.25, 0.3) is 0 Å². The molecule has 0 radical (unpaired) electrons. The van der Waals surface area contributed by atoms with Crippen LogP contribution in [0, 0.1) is 5.41 Å². The summed E-state index contributed by atoms with van der Waals surface area (Å²) in [6.45, 7) is 9.08. The summed E-state index contributed by atoms with van der Waals surface area (Å²) in [5.74, 6) is 0. The van der Waals surface area contributed by atoms with Crippen LogP contribution in [0.1, 0.15) is 20.3 Å². The Morgan fingerprint density at radius 1 is 1.78 bits per heavy atom. The molecule has 0 aliphatic carbocycles. The number of ether oxygens (including phenoxy) is 1. The summed E-state index contributed by atoms with van der Waals surface area (Å²) in [7, 11) is 0. The average Bonchev–Trinajstić information content (AvgIpc) is 2.50. The van der Waals surface area contributed by atoms with E-state index in [1.165, 1.54) is 0 Å². The predicted molar refractivity (Wildman–Crippen MR) is 38.3 cm³/mol. The molecular weight excluding hydrogens is 112 g/mol. The molecule has 1 unspecified atom stereocenters. The summed E-state index contributed by atoms with van der Waals surface area (Å²) in [5.41, 5.74) is 0.265. The van der Waals surface area contributed by atoms with Gasteiger partial charge in [0.05, 0.1) is 12.7 Å². The van der Waals surface area contributed by atoms with Crippen molar-refractivity contribution < 1.29 is 4.74 Å². The Balaban J connectivity index is 2.29. The van der Waals surface area contributed by atoms with Crippen molar-refractivity contribution in [3.63, 3.8) is 0 Å². The van der Waals surface area contributed by atoms with Gasteiger partial charge in [-0.15, -0.1) is 6.58 Å². The van der Waals surface area contributed by atoms with Crippen molar-refractivity contribution in [2.45, 2.75) is 26.4 Å². The fourth-order valence-corrected chi connectivity index (χ4v) is 0.856. The second-order valence-electron chi connectivity index (χ2n) is 3.35. The number of hydrogen-bond donors (Lipinski definition) is 0. The van der Waals surface area contributed by atoms with Gasteiger partial charge in [-0.1, -0.05) is 19.9 Å². The van der Waals surface area contributed by atoms with E-state index in [0.29, 0.717) is 6.10 Å². The first-order valence-corrected chi connectivity index (χ1v) is 3.39. The number of allylic oxidation sites excluding steroid dienone is 1. The van der Waals surface area contributed by atoms with E-state index in [1.54, 1.807) is 0 Å². The Labute approximate surface area is 56.7 Å². The Bertz CT molecular complexity index is 112. The second kappa shape index (κ2) is 2.14. The van der Waals surface area contributed by atoms with E-state index in [2.05, 4.69) is 20.4 Å². The predicted octanol–water partition coefficient (Wildman–Crippen LogP) is 1.99. The number of epoxide rings is 1. The lowest BCUT2D eigenvalue weighted by atomic mass is 9.88. The molecule has 0 aromatic rings. The number of hydrogen-bond acceptors (Lipinski definition) is 1. The Hall–Kier alpha value is -0.300. The monoisotopic (exact) mass is 126 g/mol. The van der Waals surface area contributed by atoms with Crippen molar-refractivity contribution in [2.75, 3.05) is 6.61 Å². The van der Waals surface area contributed by atoms with Crippen molar-refractivity contribution in [3.8, 4) is 0 Å². The summed E-state index contributed by atoms with van der Waals surface area (Å²) in [6, 6.07) is 0. The van der Waals surface area contributed by atoms with Gasteiger partial charge in [0.25, 0.3) is 0 Å². The van der Waals surface area contributed by atoms with Gasteiger partial charge in [0.1, 0.15) is 0 Å². The minimum absolute atomic E-state index is 0.265. The molecular formula is C8H14O. The topological polar surface area (TPSA) is 12.5 Å². The lowest BCUT2D eigenvalue weighted by Gasteiger charge is -2.17. The van der Waals surface area contributed by atoms with Crippen LogP contribution in [-0.2, 0) is 4.74 Å². The van der Waals surface area contributed by atoms with Gasteiger partial charge in [-0.05, 0) is 11.8 Å². The Morgan fingerprint density at radius 3 is 2.67 bits per heavy atom. The maximum absolute atomic E-state index is 5.10. The third-order valence-electron chi connectivity index (χ3n) is 1.71. The highest BCUT2D eigenvalue weighted by molar-refractivity contribution is 4.91. The molecule has 1 aliphatic heterocycles. The van der Waals surface area contributed by atoms with Crippen molar-refractivity contribution >= 4 is 0 Å². The molecule has 1 heteroatoms. The minimum Gasteiger partial charge on any atom is -0.373 e. The first kappa shape index (κ1) is 6.81. The van der Waals surface area contributed by atoms with E-state index in [-0.39, 0.29) is 5.41 Å². The van der Waals surface area contributed by atoms with E-state index in [4.69, 9.17) is 4.74 Å². The normalized spacial score (nSPS) is 25.8. The summed E-state index contributed by atoms with van der Waals surface area (Å²) < 4.78 is 5.10. The maximum Gasteiger partial charge on any atom is 0.0818 e. The van der Waals surface area contributed by atoms with Gasteiger partial charge in [0.2, 0.25) is 0 Å². The average molecular weight is 126 g/mol. The summed E-state index contributed by atoms with van der Waals surface area (Å²) in [5, 5.41) is 0. The van der Waals surface area contributed by atoms with Crippen molar-refractivity contribution in [3.05, 3.63) is 12.7 Å². The molecule has 1 fully saturated rings. The van der Waals surface area contributed by atoms with Crippen LogP contribution in [0.4, 0.5) is 0 Å². The molecule has 52 valence electrons. The molecule has 1 aliphatic rings.